The Morgan fingerprint density at radius 1 is 1.06 bits per heavy atom. The third-order valence-electron chi connectivity index (χ3n) is 5.00. The minimum Gasteiger partial charge on any atom is -0.324 e. The van der Waals surface area contributed by atoms with Crippen LogP contribution in [0.1, 0.15) is 23.2 Å². The molecule has 0 atom stereocenters. The highest BCUT2D eigenvalue weighted by molar-refractivity contribution is 7.89. The van der Waals surface area contributed by atoms with Gasteiger partial charge in [-0.2, -0.15) is 4.31 Å². The zero-order valence-electron chi connectivity index (χ0n) is 16.3. The number of hydrogen-bond donors (Lipinski definition) is 2. The summed E-state index contributed by atoms with van der Waals surface area (Å²) in [6.45, 7) is 0.324. The molecule has 2 aromatic rings. The van der Waals surface area contributed by atoms with Crippen LogP contribution in [-0.2, 0) is 24.8 Å². The third kappa shape index (κ3) is 4.19. The summed E-state index contributed by atoms with van der Waals surface area (Å²) in [6.07, 6.45) is 1.61. The average molecular weight is 465 g/mol. The van der Waals surface area contributed by atoms with E-state index in [0.29, 0.717) is 18.1 Å². The van der Waals surface area contributed by atoms with Crippen molar-refractivity contribution >= 4 is 37.5 Å². The summed E-state index contributed by atoms with van der Waals surface area (Å²) in [5, 5.41) is 3.22. The molecule has 0 aromatic heterocycles. The number of fused-ring (bicyclic) bond motifs is 1. The van der Waals surface area contributed by atoms with Gasteiger partial charge in [-0.1, -0.05) is 18.2 Å². The fraction of sp³-hybridized carbons (Fsp3) is 0.263. The summed E-state index contributed by atoms with van der Waals surface area (Å²) in [5.41, 5.74) is 0.186. The lowest BCUT2D eigenvalue weighted by molar-refractivity contribution is -0.117. The van der Waals surface area contributed by atoms with E-state index in [0.717, 1.165) is 12.8 Å². The van der Waals surface area contributed by atoms with Crippen molar-refractivity contribution in [2.45, 2.75) is 22.6 Å². The number of carbonyl (C=O) groups excluding carboxylic acids is 2. The Balaban J connectivity index is 1.49. The summed E-state index contributed by atoms with van der Waals surface area (Å²) in [7, 11) is -7.64. The molecule has 0 spiro atoms. The van der Waals surface area contributed by atoms with Gasteiger partial charge < -0.3 is 5.32 Å². The van der Waals surface area contributed by atoms with Crippen LogP contribution in [0.25, 0.3) is 0 Å². The van der Waals surface area contributed by atoms with E-state index in [1.807, 2.05) is 0 Å². The van der Waals surface area contributed by atoms with E-state index < -0.39 is 38.4 Å². The Morgan fingerprint density at radius 3 is 2.52 bits per heavy atom. The van der Waals surface area contributed by atoms with Gasteiger partial charge in [-0.3, -0.25) is 14.6 Å². The van der Waals surface area contributed by atoms with E-state index in [1.165, 1.54) is 52.8 Å². The fourth-order valence-corrected chi connectivity index (χ4v) is 6.32. The fourth-order valence-electron chi connectivity index (χ4n) is 3.52. The van der Waals surface area contributed by atoms with E-state index >= 15 is 0 Å². The summed E-state index contributed by atoms with van der Waals surface area (Å²) < 4.78 is 51.5. The number of sulfonamides is 2. The van der Waals surface area contributed by atoms with Gasteiger partial charge in [-0.25, -0.2) is 16.8 Å². The molecule has 0 radical (unpaired) electrons. The molecule has 1 fully saturated rings. The lowest BCUT2D eigenvalue weighted by Gasteiger charge is -2.28. The molecule has 10 nitrogen and oxygen atoms in total. The minimum atomic E-state index is -3.99. The van der Waals surface area contributed by atoms with Gasteiger partial charge in [-0.15, -0.1) is 4.83 Å². The first-order chi connectivity index (χ1) is 14.7. The third-order valence-corrected chi connectivity index (χ3v) is 8.30. The summed E-state index contributed by atoms with van der Waals surface area (Å²) >= 11 is 0. The van der Waals surface area contributed by atoms with Crippen LogP contribution in [0.5, 0.6) is 0 Å². The molecule has 0 aliphatic carbocycles. The molecule has 12 heteroatoms. The summed E-state index contributed by atoms with van der Waals surface area (Å²) in [4.78, 5) is 27.0. The van der Waals surface area contributed by atoms with Crippen molar-refractivity contribution in [3.63, 3.8) is 0 Å². The maximum absolute atomic E-state index is 12.7. The molecule has 2 N–H and O–H groups in total. The van der Waals surface area contributed by atoms with Gasteiger partial charge in [0.05, 0.1) is 15.4 Å². The number of nitrogens with one attached hydrogen (secondary N) is 2. The van der Waals surface area contributed by atoms with Crippen LogP contribution >= 0.6 is 0 Å². The van der Waals surface area contributed by atoms with Crippen LogP contribution in [0, 0.1) is 0 Å². The maximum Gasteiger partial charge on any atom is 0.270 e. The first-order valence-corrected chi connectivity index (χ1v) is 12.4. The number of benzene rings is 2. The SMILES string of the molecule is O=C(CN1NS(=O)(=O)c2ccccc2C1=O)Nc1cccc(S(=O)(=O)N2CCCC2)c1. The van der Waals surface area contributed by atoms with Gasteiger partial charge in [0.25, 0.3) is 15.9 Å². The zero-order chi connectivity index (χ0) is 22.2. The predicted molar refractivity (Wildman–Crippen MR) is 111 cm³/mol. The Bertz CT molecular complexity index is 1250. The molecule has 4 rings (SSSR count). The second kappa shape index (κ2) is 8.04. The van der Waals surface area contributed by atoms with Crippen molar-refractivity contribution in [1.29, 1.82) is 0 Å². The average Bonchev–Trinajstić information content (AvgIpc) is 3.28. The number of hydrogen-bond acceptors (Lipinski definition) is 6. The number of rotatable bonds is 5. The van der Waals surface area contributed by atoms with Gasteiger partial charge in [0.2, 0.25) is 15.9 Å². The van der Waals surface area contributed by atoms with Crippen molar-refractivity contribution in [3.8, 4) is 0 Å². The van der Waals surface area contributed by atoms with Crippen molar-refractivity contribution in [3.05, 3.63) is 54.1 Å². The van der Waals surface area contributed by atoms with Gasteiger partial charge >= 0.3 is 0 Å². The van der Waals surface area contributed by atoms with Crippen molar-refractivity contribution in [2.75, 3.05) is 25.0 Å². The lowest BCUT2D eigenvalue weighted by Crippen LogP contribution is -2.53. The van der Waals surface area contributed by atoms with Gasteiger partial charge in [0, 0.05) is 18.8 Å². The summed E-state index contributed by atoms with van der Waals surface area (Å²) in [6, 6.07) is 11.5. The van der Waals surface area contributed by atoms with Gasteiger partial charge in [-0.05, 0) is 43.2 Å². The second-order valence-electron chi connectivity index (χ2n) is 7.17. The highest BCUT2D eigenvalue weighted by Crippen LogP contribution is 2.24. The Labute approximate surface area is 179 Å². The molecule has 2 aliphatic rings. The quantitative estimate of drug-likeness (QED) is 0.671. The van der Waals surface area contributed by atoms with Crippen LogP contribution in [0.3, 0.4) is 0 Å². The van der Waals surface area contributed by atoms with Crippen LogP contribution in [0.15, 0.2) is 58.3 Å². The van der Waals surface area contributed by atoms with E-state index in [-0.39, 0.29) is 21.0 Å². The highest BCUT2D eigenvalue weighted by atomic mass is 32.2. The monoisotopic (exact) mass is 464 g/mol. The van der Waals surface area contributed by atoms with E-state index in [1.54, 1.807) is 0 Å². The van der Waals surface area contributed by atoms with Crippen LogP contribution < -0.4 is 10.1 Å². The van der Waals surface area contributed by atoms with Crippen molar-refractivity contribution in [2.24, 2.45) is 0 Å². The molecule has 2 aliphatic heterocycles. The molecule has 31 heavy (non-hydrogen) atoms. The first-order valence-electron chi connectivity index (χ1n) is 9.52. The number of nitrogens with zero attached hydrogens (tertiary/aromatic N) is 2. The van der Waals surface area contributed by atoms with E-state index in [4.69, 9.17) is 0 Å². The first kappa shape index (κ1) is 21.4. The topological polar surface area (TPSA) is 133 Å². The predicted octanol–water partition coefficient (Wildman–Crippen LogP) is 0.759. The summed E-state index contributed by atoms with van der Waals surface area (Å²) in [5.74, 6) is -1.35. The zero-order valence-corrected chi connectivity index (χ0v) is 17.9. The van der Waals surface area contributed by atoms with Crippen LogP contribution in [0.2, 0.25) is 0 Å². The largest absolute Gasteiger partial charge is 0.324 e. The molecular weight excluding hydrogens is 444 g/mol. The van der Waals surface area contributed by atoms with E-state index in [9.17, 15) is 26.4 Å². The van der Waals surface area contributed by atoms with Crippen LogP contribution in [-0.4, -0.2) is 57.6 Å². The standard InChI is InChI=1S/C19H20N4O6S2/c24-18(13-23-19(25)16-8-1-2-9-17(16)30(26,27)21-23)20-14-6-5-7-15(12-14)31(28,29)22-10-3-4-11-22/h1-2,5-9,12,21H,3-4,10-11,13H2,(H,20,24). The Morgan fingerprint density at radius 2 is 1.77 bits per heavy atom. The number of anilines is 1. The smallest absolute Gasteiger partial charge is 0.270 e. The van der Waals surface area contributed by atoms with Crippen molar-refractivity contribution < 1.29 is 26.4 Å². The minimum absolute atomic E-state index is 0.0345. The molecule has 0 saturated carbocycles. The molecule has 0 bridgehead atoms. The lowest BCUT2D eigenvalue weighted by atomic mass is 10.2. The maximum atomic E-state index is 12.7. The molecule has 0 unspecified atom stereocenters. The molecular formula is C19H20N4O6S2. The number of hydrazine groups is 1. The van der Waals surface area contributed by atoms with Crippen LogP contribution in [0.4, 0.5) is 5.69 Å². The Hall–Kier alpha value is -2.80. The second-order valence-corrected chi connectivity index (χ2v) is 10.7. The number of amides is 2. The highest BCUT2D eigenvalue weighted by Gasteiger charge is 2.35. The normalized spacial score (nSPS) is 18.6. The van der Waals surface area contributed by atoms with Gasteiger partial charge in [0.15, 0.2) is 0 Å². The Kier molecular flexibility index (Phi) is 5.56. The molecule has 164 valence electrons. The van der Waals surface area contributed by atoms with Crippen molar-refractivity contribution in [1.82, 2.24) is 14.1 Å². The molecule has 1 saturated heterocycles. The molecule has 2 aromatic carbocycles. The molecule has 2 amide bonds. The number of carbonyl (C=O) groups is 2. The molecule has 2 heterocycles. The van der Waals surface area contributed by atoms with E-state index in [2.05, 4.69) is 10.1 Å². The van der Waals surface area contributed by atoms with Gasteiger partial charge in [0.1, 0.15) is 6.54 Å².